The van der Waals surface area contributed by atoms with E-state index in [4.69, 9.17) is 4.74 Å². The quantitative estimate of drug-likeness (QED) is 0.832. The highest BCUT2D eigenvalue weighted by atomic mass is 19.4. The summed E-state index contributed by atoms with van der Waals surface area (Å²) >= 11 is 0. The smallest absolute Gasteiger partial charge is 0.408 e. The summed E-state index contributed by atoms with van der Waals surface area (Å²) < 4.78 is 46.4. The van der Waals surface area contributed by atoms with Crippen molar-refractivity contribution in [2.45, 2.75) is 31.5 Å². The number of halogens is 3. The Morgan fingerprint density at radius 2 is 2.04 bits per heavy atom. The van der Waals surface area contributed by atoms with E-state index in [0.717, 1.165) is 10.5 Å². The molecule has 0 aliphatic carbocycles. The molecule has 140 valence electrons. The Labute approximate surface area is 149 Å². The van der Waals surface area contributed by atoms with E-state index in [2.05, 4.69) is 5.10 Å². The molecule has 1 aliphatic heterocycles. The summed E-state index contributed by atoms with van der Waals surface area (Å²) in [4.78, 5) is 13.7. The number of aromatic nitrogens is 2. The minimum atomic E-state index is -4.43. The van der Waals surface area contributed by atoms with E-state index < -0.39 is 18.1 Å². The Kier molecular flexibility index (Phi) is 4.93. The highest BCUT2D eigenvalue weighted by Gasteiger charge is 2.46. The van der Waals surface area contributed by atoms with Gasteiger partial charge in [-0.2, -0.15) is 18.3 Å². The number of likely N-dealkylation sites (tertiary alicyclic amines) is 1. The van der Waals surface area contributed by atoms with E-state index in [9.17, 15) is 18.0 Å². The SMILES string of the molecule is COc1cccc(-c2cc(C(=O)N3CCCCC3C(F)(F)F)n(C)n2)c1. The van der Waals surface area contributed by atoms with Gasteiger partial charge in [-0.1, -0.05) is 12.1 Å². The number of hydrogen-bond acceptors (Lipinski definition) is 3. The highest BCUT2D eigenvalue weighted by molar-refractivity contribution is 5.94. The first-order valence-electron chi connectivity index (χ1n) is 8.37. The molecule has 1 saturated heterocycles. The number of hydrogen-bond donors (Lipinski definition) is 0. The second-order valence-electron chi connectivity index (χ2n) is 6.32. The number of carbonyl (C=O) groups is 1. The van der Waals surface area contributed by atoms with Crippen LogP contribution in [0.15, 0.2) is 30.3 Å². The van der Waals surface area contributed by atoms with Crippen molar-refractivity contribution >= 4 is 5.91 Å². The molecule has 1 unspecified atom stereocenters. The Bertz CT molecular complexity index is 801. The van der Waals surface area contributed by atoms with Gasteiger partial charge in [-0.3, -0.25) is 9.48 Å². The molecule has 0 spiro atoms. The fraction of sp³-hybridized carbons (Fsp3) is 0.444. The summed E-state index contributed by atoms with van der Waals surface area (Å²) in [6, 6.07) is 6.92. The van der Waals surface area contributed by atoms with Crippen molar-refractivity contribution < 1.29 is 22.7 Å². The Morgan fingerprint density at radius 1 is 1.27 bits per heavy atom. The molecular weight excluding hydrogens is 347 g/mol. The molecule has 0 N–H and O–H groups in total. The average Bonchev–Trinajstić information content (AvgIpc) is 3.02. The Morgan fingerprint density at radius 3 is 2.73 bits per heavy atom. The maximum atomic E-state index is 13.3. The van der Waals surface area contributed by atoms with Crippen LogP contribution in [0.4, 0.5) is 13.2 Å². The largest absolute Gasteiger partial charge is 0.497 e. The van der Waals surface area contributed by atoms with Crippen LogP contribution in [-0.4, -0.2) is 46.5 Å². The standard InChI is InChI=1S/C18H20F3N3O2/c1-23-15(11-14(22-23)12-6-5-7-13(10-12)26-2)17(25)24-9-4-3-8-16(24)18(19,20)21/h5-7,10-11,16H,3-4,8-9H2,1-2H3. The van der Waals surface area contributed by atoms with Crippen LogP contribution in [0.3, 0.4) is 0 Å². The lowest BCUT2D eigenvalue weighted by Crippen LogP contribution is -2.51. The molecule has 2 heterocycles. The van der Waals surface area contributed by atoms with Crippen molar-refractivity contribution in [3.8, 4) is 17.0 Å². The van der Waals surface area contributed by atoms with Gasteiger partial charge in [0.15, 0.2) is 0 Å². The maximum Gasteiger partial charge on any atom is 0.408 e. The van der Waals surface area contributed by atoms with Crippen LogP contribution in [-0.2, 0) is 7.05 Å². The first-order valence-corrected chi connectivity index (χ1v) is 8.37. The molecule has 0 radical (unpaired) electrons. The van der Waals surface area contributed by atoms with E-state index in [1.807, 2.05) is 0 Å². The zero-order chi connectivity index (χ0) is 18.9. The van der Waals surface area contributed by atoms with Gasteiger partial charge in [0.05, 0.1) is 12.8 Å². The zero-order valence-corrected chi connectivity index (χ0v) is 14.6. The number of nitrogens with zero attached hydrogens (tertiary/aromatic N) is 3. The van der Waals surface area contributed by atoms with Crippen LogP contribution >= 0.6 is 0 Å². The summed E-state index contributed by atoms with van der Waals surface area (Å²) in [5.41, 5.74) is 1.37. The lowest BCUT2D eigenvalue weighted by molar-refractivity contribution is -0.183. The van der Waals surface area contributed by atoms with Crippen LogP contribution in [0.25, 0.3) is 11.3 Å². The van der Waals surface area contributed by atoms with Crippen molar-refractivity contribution in [3.63, 3.8) is 0 Å². The van der Waals surface area contributed by atoms with Crippen molar-refractivity contribution in [2.75, 3.05) is 13.7 Å². The summed E-state index contributed by atoms with van der Waals surface area (Å²) in [7, 11) is 3.10. The van der Waals surface area contributed by atoms with E-state index >= 15 is 0 Å². The second-order valence-corrected chi connectivity index (χ2v) is 6.32. The van der Waals surface area contributed by atoms with E-state index in [1.165, 1.54) is 10.7 Å². The Balaban J connectivity index is 1.91. The average molecular weight is 367 g/mol. The van der Waals surface area contributed by atoms with E-state index in [1.54, 1.807) is 38.4 Å². The van der Waals surface area contributed by atoms with E-state index in [0.29, 0.717) is 24.3 Å². The molecule has 8 heteroatoms. The molecule has 1 atom stereocenters. The van der Waals surface area contributed by atoms with Crippen LogP contribution < -0.4 is 4.74 Å². The molecule has 1 aliphatic rings. The van der Waals surface area contributed by atoms with Gasteiger partial charge < -0.3 is 9.64 Å². The number of rotatable bonds is 3. The molecule has 0 bridgehead atoms. The third kappa shape index (κ3) is 3.54. The van der Waals surface area contributed by atoms with Crippen molar-refractivity contribution in [1.29, 1.82) is 0 Å². The monoisotopic (exact) mass is 367 g/mol. The minimum Gasteiger partial charge on any atom is -0.497 e. The van der Waals surface area contributed by atoms with Crippen LogP contribution in [0, 0.1) is 0 Å². The normalized spacial score (nSPS) is 18.0. The molecule has 26 heavy (non-hydrogen) atoms. The van der Waals surface area contributed by atoms with Crippen LogP contribution in [0.5, 0.6) is 5.75 Å². The Hall–Kier alpha value is -2.51. The lowest BCUT2D eigenvalue weighted by Gasteiger charge is -2.36. The number of ether oxygens (including phenoxy) is 1. The van der Waals surface area contributed by atoms with Gasteiger partial charge in [0.1, 0.15) is 17.5 Å². The number of benzene rings is 1. The second kappa shape index (κ2) is 7.01. The van der Waals surface area contributed by atoms with Crippen molar-refractivity contribution in [1.82, 2.24) is 14.7 Å². The predicted octanol–water partition coefficient (Wildman–Crippen LogP) is 3.65. The van der Waals surface area contributed by atoms with Gasteiger partial charge in [0, 0.05) is 19.2 Å². The third-order valence-electron chi connectivity index (χ3n) is 4.61. The number of amides is 1. The zero-order valence-electron chi connectivity index (χ0n) is 14.6. The van der Waals surface area contributed by atoms with Crippen LogP contribution in [0.2, 0.25) is 0 Å². The first-order chi connectivity index (χ1) is 12.3. The fourth-order valence-corrected chi connectivity index (χ4v) is 3.25. The molecule has 1 amide bonds. The molecule has 0 saturated carbocycles. The molecule has 5 nitrogen and oxygen atoms in total. The summed E-state index contributed by atoms with van der Waals surface area (Å²) in [6.45, 7) is 0.0999. The molecule has 3 rings (SSSR count). The number of alkyl halides is 3. The molecule has 2 aromatic rings. The predicted molar refractivity (Wildman–Crippen MR) is 89.9 cm³/mol. The van der Waals surface area contributed by atoms with Gasteiger partial charge in [-0.05, 0) is 37.5 Å². The molecule has 1 aromatic heterocycles. The lowest BCUT2D eigenvalue weighted by atomic mass is 10.0. The van der Waals surface area contributed by atoms with Crippen molar-refractivity contribution in [2.24, 2.45) is 7.05 Å². The number of piperidine rings is 1. The van der Waals surface area contributed by atoms with Gasteiger partial charge >= 0.3 is 6.18 Å². The van der Waals surface area contributed by atoms with Gasteiger partial charge in [0.2, 0.25) is 0 Å². The molecule has 1 aromatic carbocycles. The number of methoxy groups -OCH3 is 1. The summed E-state index contributed by atoms with van der Waals surface area (Å²) in [5, 5.41) is 4.29. The maximum absolute atomic E-state index is 13.3. The number of aryl methyl sites for hydroxylation is 1. The summed E-state index contributed by atoms with van der Waals surface area (Å²) in [6.07, 6.45) is -3.45. The molecule has 1 fully saturated rings. The van der Waals surface area contributed by atoms with E-state index in [-0.39, 0.29) is 18.7 Å². The van der Waals surface area contributed by atoms with Crippen LogP contribution in [0.1, 0.15) is 29.8 Å². The first kappa shape index (κ1) is 18.3. The number of carbonyl (C=O) groups excluding carboxylic acids is 1. The van der Waals surface area contributed by atoms with Gasteiger partial charge in [0.25, 0.3) is 5.91 Å². The third-order valence-corrected chi connectivity index (χ3v) is 4.61. The highest BCUT2D eigenvalue weighted by Crippen LogP contribution is 2.33. The topological polar surface area (TPSA) is 47.4 Å². The van der Waals surface area contributed by atoms with Gasteiger partial charge in [-0.15, -0.1) is 0 Å². The fourth-order valence-electron chi connectivity index (χ4n) is 3.25. The minimum absolute atomic E-state index is 0.0597. The van der Waals surface area contributed by atoms with Gasteiger partial charge in [-0.25, -0.2) is 0 Å². The molecular formula is C18H20F3N3O2. The summed E-state index contributed by atoms with van der Waals surface area (Å²) in [5.74, 6) is -0.00892. The van der Waals surface area contributed by atoms with Crippen molar-refractivity contribution in [3.05, 3.63) is 36.0 Å².